The molecule has 0 atom stereocenters. The number of anilines is 1. The van der Waals surface area contributed by atoms with Crippen LogP contribution in [0.3, 0.4) is 0 Å². The van der Waals surface area contributed by atoms with Gasteiger partial charge in [-0.25, -0.2) is 0 Å². The molecule has 0 fully saturated rings. The van der Waals surface area contributed by atoms with E-state index in [2.05, 4.69) is 33.4 Å². The summed E-state index contributed by atoms with van der Waals surface area (Å²) in [4.78, 5) is 32.5. The number of H-pyrrole nitrogens is 1. The Bertz CT molecular complexity index is 1990. The number of nitrogens with one attached hydrogen (secondary N) is 2. The molecule has 2 heterocycles. The van der Waals surface area contributed by atoms with Crippen LogP contribution < -0.4 is 29.7 Å². The monoisotopic (exact) mass is 635 g/mol. The summed E-state index contributed by atoms with van der Waals surface area (Å²) in [6.07, 6.45) is 2.96. The van der Waals surface area contributed by atoms with E-state index in [1.165, 1.54) is 11.1 Å². The van der Waals surface area contributed by atoms with E-state index in [9.17, 15) is 9.59 Å². The number of benzene rings is 4. The number of aromatic nitrogens is 1. The first-order chi connectivity index (χ1) is 22.9. The maximum absolute atomic E-state index is 13.3. The fourth-order valence-electron chi connectivity index (χ4n) is 6.48. The fourth-order valence-corrected chi connectivity index (χ4v) is 6.48. The highest BCUT2D eigenvalue weighted by atomic mass is 16.5. The minimum atomic E-state index is -0.202. The van der Waals surface area contributed by atoms with Crippen LogP contribution in [0.1, 0.15) is 35.6 Å². The predicted molar refractivity (Wildman–Crippen MR) is 185 cm³/mol. The van der Waals surface area contributed by atoms with Crippen LogP contribution in [0.2, 0.25) is 0 Å². The van der Waals surface area contributed by atoms with Gasteiger partial charge in [0.05, 0.1) is 51.1 Å². The highest BCUT2D eigenvalue weighted by Gasteiger charge is 2.20. The molecule has 9 nitrogen and oxygen atoms in total. The normalized spacial score (nSPS) is 12.9. The van der Waals surface area contributed by atoms with Crippen LogP contribution in [-0.2, 0) is 30.6 Å². The summed E-state index contributed by atoms with van der Waals surface area (Å²) in [6.45, 7) is 5.28. The van der Waals surface area contributed by atoms with E-state index in [0.717, 1.165) is 61.5 Å². The van der Waals surface area contributed by atoms with Gasteiger partial charge in [-0.3, -0.25) is 14.5 Å². The van der Waals surface area contributed by atoms with Crippen molar-refractivity contribution < 1.29 is 23.7 Å². The number of para-hydroxylation sites is 2. The van der Waals surface area contributed by atoms with Gasteiger partial charge in [-0.2, -0.15) is 0 Å². The Morgan fingerprint density at radius 3 is 2.32 bits per heavy atom. The van der Waals surface area contributed by atoms with E-state index in [-0.39, 0.29) is 17.8 Å². The maximum Gasteiger partial charge on any atom is 0.228 e. The highest BCUT2D eigenvalue weighted by Crippen LogP contribution is 2.34. The van der Waals surface area contributed by atoms with Crippen molar-refractivity contribution in [2.75, 3.05) is 46.3 Å². The molecule has 0 unspecified atom stereocenters. The number of methoxy groups -OCH3 is 3. The number of carbonyl (C=O) groups is 1. The Labute approximate surface area is 274 Å². The van der Waals surface area contributed by atoms with E-state index in [1.54, 1.807) is 45.6 Å². The van der Waals surface area contributed by atoms with Gasteiger partial charge in [0, 0.05) is 23.9 Å². The van der Waals surface area contributed by atoms with Crippen LogP contribution in [0.5, 0.6) is 23.0 Å². The minimum absolute atomic E-state index is 0.0822. The molecule has 0 aliphatic carbocycles. The molecular weight excluding hydrogens is 594 g/mol. The Balaban J connectivity index is 1.12. The number of fused-ring (bicyclic) bond motifs is 3. The molecule has 9 heteroatoms. The molecule has 6 rings (SSSR count). The summed E-state index contributed by atoms with van der Waals surface area (Å²) in [7, 11) is 4.92. The Kier molecular flexibility index (Phi) is 9.63. The molecule has 0 radical (unpaired) electrons. The quantitative estimate of drug-likeness (QED) is 0.156. The van der Waals surface area contributed by atoms with Crippen LogP contribution in [0.4, 0.5) is 5.69 Å². The number of amides is 1. The molecule has 2 N–H and O–H groups in total. The number of aryl methyl sites for hydroxylation is 1. The predicted octanol–water partition coefficient (Wildman–Crippen LogP) is 6.28. The third-order valence-corrected chi connectivity index (χ3v) is 8.84. The largest absolute Gasteiger partial charge is 0.495 e. The van der Waals surface area contributed by atoms with Crippen molar-refractivity contribution in [3.05, 3.63) is 99.2 Å². The summed E-state index contributed by atoms with van der Waals surface area (Å²) in [5.74, 6) is 2.57. The second kappa shape index (κ2) is 14.2. The van der Waals surface area contributed by atoms with Gasteiger partial charge < -0.3 is 29.2 Å². The van der Waals surface area contributed by atoms with Gasteiger partial charge in [-0.15, -0.1) is 0 Å². The van der Waals surface area contributed by atoms with Crippen molar-refractivity contribution in [3.63, 3.8) is 0 Å². The number of hydrogen-bond donors (Lipinski definition) is 2. The van der Waals surface area contributed by atoms with Gasteiger partial charge in [0.25, 0.3) is 0 Å². The van der Waals surface area contributed by atoms with Gasteiger partial charge in [0.2, 0.25) is 5.91 Å². The Morgan fingerprint density at radius 1 is 0.851 bits per heavy atom. The maximum atomic E-state index is 13.3. The second-order valence-corrected chi connectivity index (χ2v) is 11.8. The van der Waals surface area contributed by atoms with E-state index in [1.807, 2.05) is 31.2 Å². The molecular formula is C38H41N3O6. The zero-order chi connectivity index (χ0) is 32.9. The summed E-state index contributed by atoms with van der Waals surface area (Å²) in [6, 6.07) is 21.0. The number of pyridine rings is 1. The van der Waals surface area contributed by atoms with Crippen LogP contribution in [-0.4, -0.2) is 56.8 Å². The van der Waals surface area contributed by atoms with Crippen molar-refractivity contribution in [1.29, 1.82) is 0 Å². The average Bonchev–Trinajstić information content (AvgIpc) is 3.09. The molecule has 0 saturated carbocycles. The van der Waals surface area contributed by atoms with Crippen molar-refractivity contribution in [1.82, 2.24) is 9.88 Å². The van der Waals surface area contributed by atoms with Crippen molar-refractivity contribution >= 4 is 33.4 Å². The molecule has 0 bridgehead atoms. The van der Waals surface area contributed by atoms with Crippen LogP contribution in [0, 0.1) is 0 Å². The van der Waals surface area contributed by atoms with Gasteiger partial charge in [0.1, 0.15) is 11.5 Å². The zero-order valence-electron chi connectivity index (χ0n) is 27.4. The first-order valence-corrected chi connectivity index (χ1v) is 16.0. The van der Waals surface area contributed by atoms with Gasteiger partial charge in [-0.05, 0) is 97.4 Å². The lowest BCUT2D eigenvalue weighted by Crippen LogP contribution is -2.31. The number of carbonyl (C=O) groups excluding carboxylic acids is 1. The Morgan fingerprint density at radius 2 is 1.57 bits per heavy atom. The van der Waals surface area contributed by atoms with E-state index in [0.29, 0.717) is 45.6 Å². The molecule has 4 aromatic carbocycles. The number of rotatable bonds is 12. The van der Waals surface area contributed by atoms with Crippen LogP contribution >= 0.6 is 0 Å². The summed E-state index contributed by atoms with van der Waals surface area (Å²) in [5.41, 5.74) is 6.24. The minimum Gasteiger partial charge on any atom is -0.495 e. The Hall–Kier alpha value is -5.02. The molecule has 1 aromatic heterocycles. The average molecular weight is 636 g/mol. The first kappa shape index (κ1) is 31.9. The molecule has 1 aliphatic rings. The topological polar surface area (TPSA) is 102 Å². The van der Waals surface area contributed by atoms with E-state index >= 15 is 0 Å². The first-order valence-electron chi connectivity index (χ1n) is 16.0. The van der Waals surface area contributed by atoms with E-state index < -0.39 is 0 Å². The van der Waals surface area contributed by atoms with Crippen LogP contribution in [0.15, 0.2) is 71.5 Å². The molecule has 1 aliphatic heterocycles. The lowest BCUT2D eigenvalue weighted by molar-refractivity contribution is -0.115. The fraction of sp³-hybridized carbons (Fsp3) is 0.316. The van der Waals surface area contributed by atoms with E-state index in [4.69, 9.17) is 18.9 Å². The lowest BCUT2D eigenvalue weighted by atomic mass is 9.98. The third-order valence-electron chi connectivity index (χ3n) is 8.84. The molecule has 5 aromatic rings. The van der Waals surface area contributed by atoms with Gasteiger partial charge in [0.15, 0.2) is 16.9 Å². The molecule has 0 spiro atoms. The standard InChI is InChI=1S/C38H41N3O6/c1-5-47-32-19-24(9-8-17-41-18-16-25-20-33(45-3)34(46-4)21-27(25)23-41)14-15-30(32)39-35(42)22-26-10-6-11-28-36(26)40-37-29(38(28)43)12-7-13-31(37)44-2/h6-7,10-15,19-21H,5,8-9,16-18,22-23H2,1-4H3,(H,39,42)(H,40,43). The molecule has 244 valence electrons. The molecule has 0 saturated heterocycles. The SMILES string of the molecule is CCOc1cc(CCCN2CCc3cc(OC)c(OC)cc3C2)ccc1NC(=O)Cc1cccc2c(=O)c3cccc(OC)c3[nH]c12. The third kappa shape index (κ3) is 6.76. The summed E-state index contributed by atoms with van der Waals surface area (Å²) >= 11 is 0. The number of nitrogens with zero attached hydrogens (tertiary/aromatic N) is 1. The summed E-state index contributed by atoms with van der Waals surface area (Å²) in [5, 5.41) is 4.11. The van der Waals surface area contributed by atoms with Crippen molar-refractivity contribution in [2.24, 2.45) is 0 Å². The van der Waals surface area contributed by atoms with Gasteiger partial charge >= 0.3 is 0 Å². The molecule has 1 amide bonds. The highest BCUT2D eigenvalue weighted by molar-refractivity contribution is 5.99. The lowest BCUT2D eigenvalue weighted by Gasteiger charge is -2.29. The second-order valence-electron chi connectivity index (χ2n) is 11.8. The van der Waals surface area contributed by atoms with Crippen LogP contribution in [0.25, 0.3) is 21.8 Å². The number of hydrogen-bond acceptors (Lipinski definition) is 7. The smallest absolute Gasteiger partial charge is 0.228 e. The van der Waals surface area contributed by atoms with Crippen molar-refractivity contribution in [2.45, 2.75) is 39.2 Å². The number of aromatic amines is 1. The van der Waals surface area contributed by atoms with Crippen molar-refractivity contribution in [3.8, 4) is 23.0 Å². The van der Waals surface area contributed by atoms with Gasteiger partial charge in [-0.1, -0.05) is 24.3 Å². The zero-order valence-corrected chi connectivity index (χ0v) is 27.4. The molecule has 47 heavy (non-hydrogen) atoms. The summed E-state index contributed by atoms with van der Waals surface area (Å²) < 4.78 is 22.4. The number of ether oxygens (including phenoxy) is 4.